The highest BCUT2D eigenvalue weighted by atomic mass is 32.1. The molecule has 1 aliphatic heterocycles. The maximum Gasteiger partial charge on any atom is 0.329 e. The van der Waals surface area contributed by atoms with E-state index in [1.807, 2.05) is 19.1 Å². The van der Waals surface area contributed by atoms with Crippen LogP contribution in [-0.4, -0.2) is 59.6 Å². The van der Waals surface area contributed by atoms with E-state index in [0.717, 1.165) is 36.1 Å². The molecule has 0 bridgehead atoms. The number of piperidine rings is 1. The third-order valence-electron chi connectivity index (χ3n) is 4.49. The van der Waals surface area contributed by atoms with Crippen molar-refractivity contribution in [3.8, 4) is 0 Å². The fraction of sp³-hybridized carbons (Fsp3) is 0.500. The minimum Gasteiger partial charge on any atom is -0.480 e. The fourth-order valence-corrected chi connectivity index (χ4v) is 4.17. The van der Waals surface area contributed by atoms with Crippen LogP contribution in [0.5, 0.6) is 0 Å². The third kappa shape index (κ3) is 4.62. The highest BCUT2D eigenvalue weighted by molar-refractivity contribution is 7.20. The molecule has 1 N–H and O–H groups in total. The first-order valence-electron chi connectivity index (χ1n) is 8.46. The van der Waals surface area contributed by atoms with Gasteiger partial charge in [-0.25, -0.2) is 9.78 Å². The first kappa shape index (κ1) is 18.0. The van der Waals surface area contributed by atoms with E-state index in [4.69, 9.17) is 9.84 Å². The molecule has 25 heavy (non-hydrogen) atoms. The number of aliphatic carboxylic acids is 1. The maximum atomic E-state index is 12.7. The van der Waals surface area contributed by atoms with Crippen molar-refractivity contribution in [2.24, 2.45) is 5.92 Å². The molecule has 6 nitrogen and oxygen atoms in total. The van der Waals surface area contributed by atoms with Crippen LogP contribution in [0.1, 0.15) is 28.2 Å². The summed E-state index contributed by atoms with van der Waals surface area (Å²) in [6, 6.07) is 6.06. The van der Waals surface area contributed by atoms with E-state index < -0.39 is 5.97 Å². The van der Waals surface area contributed by atoms with Crippen LogP contribution in [0.4, 0.5) is 0 Å². The van der Waals surface area contributed by atoms with Crippen molar-refractivity contribution in [3.63, 3.8) is 0 Å². The first-order chi connectivity index (χ1) is 12.0. The van der Waals surface area contributed by atoms with Gasteiger partial charge in [0.1, 0.15) is 6.61 Å². The number of ketones is 1. The van der Waals surface area contributed by atoms with Gasteiger partial charge in [0.25, 0.3) is 0 Å². The number of aryl methyl sites for hydroxylation is 1. The number of thiazole rings is 1. The molecule has 2 heterocycles. The van der Waals surface area contributed by atoms with Crippen molar-refractivity contribution in [1.82, 2.24) is 9.88 Å². The van der Waals surface area contributed by atoms with Gasteiger partial charge in [-0.1, -0.05) is 6.07 Å². The Hall–Kier alpha value is -1.83. The molecular formula is C18H22N2O4S. The van der Waals surface area contributed by atoms with E-state index in [2.05, 4.69) is 16.0 Å². The Balaban J connectivity index is 1.51. The third-order valence-corrected chi connectivity index (χ3v) is 5.52. The van der Waals surface area contributed by atoms with Crippen molar-refractivity contribution < 1.29 is 19.4 Å². The SMILES string of the molecule is Cc1ccc2nc(C(=O)C3CCN(CCOCC(=O)O)CC3)sc2c1. The Labute approximate surface area is 150 Å². The van der Waals surface area contributed by atoms with Crippen molar-refractivity contribution in [2.45, 2.75) is 19.8 Å². The number of carboxylic acid groups (broad SMARTS) is 1. The highest BCUT2D eigenvalue weighted by Gasteiger charge is 2.27. The summed E-state index contributed by atoms with van der Waals surface area (Å²) in [6.07, 6.45) is 1.62. The van der Waals surface area contributed by atoms with Crippen molar-refractivity contribution >= 4 is 33.3 Å². The van der Waals surface area contributed by atoms with Gasteiger partial charge in [-0.15, -0.1) is 11.3 Å². The van der Waals surface area contributed by atoms with Crippen molar-refractivity contribution in [3.05, 3.63) is 28.8 Å². The number of likely N-dealkylation sites (tertiary alicyclic amines) is 1. The lowest BCUT2D eigenvalue weighted by Crippen LogP contribution is -2.38. The zero-order chi connectivity index (χ0) is 17.8. The number of hydrogen-bond donors (Lipinski definition) is 1. The van der Waals surface area contributed by atoms with E-state index in [-0.39, 0.29) is 18.3 Å². The van der Waals surface area contributed by atoms with Crippen LogP contribution < -0.4 is 0 Å². The van der Waals surface area contributed by atoms with E-state index in [0.29, 0.717) is 18.2 Å². The molecular weight excluding hydrogens is 340 g/mol. The van der Waals surface area contributed by atoms with E-state index >= 15 is 0 Å². The number of carboxylic acids is 1. The summed E-state index contributed by atoms with van der Waals surface area (Å²) in [5.74, 6) is -0.770. The van der Waals surface area contributed by atoms with Crippen molar-refractivity contribution in [1.29, 1.82) is 0 Å². The molecule has 1 aromatic carbocycles. The average Bonchev–Trinajstić information content (AvgIpc) is 3.01. The predicted molar refractivity (Wildman–Crippen MR) is 96.3 cm³/mol. The van der Waals surface area contributed by atoms with Crippen LogP contribution in [-0.2, 0) is 9.53 Å². The van der Waals surface area contributed by atoms with Gasteiger partial charge in [0.15, 0.2) is 10.8 Å². The maximum absolute atomic E-state index is 12.7. The van der Waals surface area contributed by atoms with Gasteiger partial charge in [0.05, 0.1) is 16.8 Å². The second-order valence-electron chi connectivity index (χ2n) is 6.42. The molecule has 0 aliphatic carbocycles. The van der Waals surface area contributed by atoms with Crippen molar-refractivity contribution in [2.75, 3.05) is 32.8 Å². The Bertz CT molecular complexity index is 766. The average molecular weight is 362 g/mol. The molecule has 134 valence electrons. The van der Waals surface area contributed by atoms with Crippen LogP contribution in [0.2, 0.25) is 0 Å². The largest absolute Gasteiger partial charge is 0.480 e. The quantitative estimate of drug-likeness (QED) is 0.602. The van der Waals surface area contributed by atoms with Gasteiger partial charge in [-0.2, -0.15) is 0 Å². The number of ether oxygens (including phenoxy) is 1. The second-order valence-corrected chi connectivity index (χ2v) is 7.45. The van der Waals surface area contributed by atoms with Crippen LogP contribution in [0.3, 0.4) is 0 Å². The highest BCUT2D eigenvalue weighted by Crippen LogP contribution is 2.28. The van der Waals surface area contributed by atoms with Gasteiger partial charge in [-0.3, -0.25) is 4.79 Å². The number of carbonyl (C=O) groups is 2. The molecule has 0 atom stereocenters. The molecule has 1 saturated heterocycles. The normalized spacial score (nSPS) is 16.4. The summed E-state index contributed by atoms with van der Waals surface area (Å²) < 4.78 is 6.13. The standard InChI is InChI=1S/C18H22N2O4S/c1-12-2-3-14-15(10-12)25-18(19-14)17(23)13-4-6-20(7-5-13)8-9-24-11-16(21)22/h2-3,10,13H,4-9,11H2,1H3,(H,21,22). The number of benzene rings is 1. The van der Waals surface area contributed by atoms with Gasteiger partial charge < -0.3 is 14.7 Å². The molecule has 1 aromatic heterocycles. The Kier molecular flexibility index (Phi) is 5.78. The summed E-state index contributed by atoms with van der Waals surface area (Å²) in [5, 5.41) is 9.16. The predicted octanol–water partition coefficient (Wildman–Crippen LogP) is 2.60. The zero-order valence-electron chi connectivity index (χ0n) is 14.2. The Morgan fingerprint density at radius 2 is 2.12 bits per heavy atom. The molecule has 7 heteroatoms. The molecule has 0 unspecified atom stereocenters. The smallest absolute Gasteiger partial charge is 0.329 e. The number of hydrogen-bond acceptors (Lipinski definition) is 6. The molecule has 1 fully saturated rings. The number of Topliss-reactive ketones (excluding diaryl/α,β-unsaturated/α-hetero) is 1. The summed E-state index contributed by atoms with van der Waals surface area (Å²) in [5.41, 5.74) is 2.07. The molecule has 0 spiro atoms. The molecule has 2 aromatic rings. The fourth-order valence-electron chi connectivity index (χ4n) is 3.08. The summed E-state index contributed by atoms with van der Waals surface area (Å²) >= 11 is 1.48. The van der Waals surface area contributed by atoms with E-state index in [1.54, 1.807) is 0 Å². The van der Waals surface area contributed by atoms with Gasteiger partial charge in [0.2, 0.25) is 0 Å². The topological polar surface area (TPSA) is 79.7 Å². The lowest BCUT2D eigenvalue weighted by Gasteiger charge is -2.30. The number of nitrogens with zero attached hydrogens (tertiary/aromatic N) is 2. The summed E-state index contributed by atoms with van der Waals surface area (Å²) in [6.45, 7) is 4.55. The van der Waals surface area contributed by atoms with Crippen LogP contribution in [0, 0.1) is 12.8 Å². The molecule has 1 aliphatic rings. The molecule has 0 radical (unpaired) electrons. The lowest BCUT2D eigenvalue weighted by molar-refractivity contribution is -0.142. The molecule has 3 rings (SSSR count). The van der Waals surface area contributed by atoms with Crippen LogP contribution in [0.25, 0.3) is 10.2 Å². The number of fused-ring (bicyclic) bond motifs is 1. The number of carbonyl (C=O) groups excluding carboxylic acids is 1. The summed E-state index contributed by atoms with van der Waals surface area (Å²) in [7, 11) is 0. The number of aromatic nitrogens is 1. The zero-order valence-corrected chi connectivity index (χ0v) is 15.1. The molecule has 0 saturated carbocycles. The lowest BCUT2D eigenvalue weighted by atomic mass is 9.93. The van der Waals surface area contributed by atoms with E-state index in [1.165, 1.54) is 16.9 Å². The first-order valence-corrected chi connectivity index (χ1v) is 9.28. The van der Waals surface area contributed by atoms with Crippen LogP contribution >= 0.6 is 11.3 Å². The number of rotatable bonds is 7. The Morgan fingerprint density at radius 3 is 2.84 bits per heavy atom. The van der Waals surface area contributed by atoms with Gasteiger partial charge in [0, 0.05) is 12.5 Å². The van der Waals surface area contributed by atoms with Crippen LogP contribution in [0.15, 0.2) is 18.2 Å². The molecule has 0 amide bonds. The van der Waals surface area contributed by atoms with Gasteiger partial charge in [-0.05, 0) is 50.6 Å². The summed E-state index contributed by atoms with van der Waals surface area (Å²) in [4.78, 5) is 29.9. The minimum absolute atomic E-state index is 0.0258. The van der Waals surface area contributed by atoms with Gasteiger partial charge >= 0.3 is 5.97 Å². The second kappa shape index (κ2) is 8.03. The minimum atomic E-state index is -0.949. The van der Waals surface area contributed by atoms with E-state index in [9.17, 15) is 9.59 Å². The monoisotopic (exact) mass is 362 g/mol. The Morgan fingerprint density at radius 1 is 1.36 bits per heavy atom.